The van der Waals surface area contributed by atoms with E-state index in [1.54, 1.807) is 28.4 Å². The maximum Gasteiger partial charge on any atom is 0.317 e. The van der Waals surface area contributed by atoms with Crippen LogP contribution in [0.2, 0.25) is 0 Å². The first kappa shape index (κ1) is 21.1. The van der Waals surface area contributed by atoms with Crippen molar-refractivity contribution in [1.29, 1.82) is 0 Å². The van der Waals surface area contributed by atoms with Gasteiger partial charge in [0.05, 0.1) is 11.5 Å². The number of urea groups is 1. The molecule has 8 heteroatoms. The molecule has 0 spiro atoms. The van der Waals surface area contributed by atoms with Crippen LogP contribution in [0.3, 0.4) is 0 Å². The van der Waals surface area contributed by atoms with E-state index in [0.29, 0.717) is 37.7 Å². The minimum absolute atomic E-state index is 0.0768. The second-order valence-electron chi connectivity index (χ2n) is 7.55. The molecule has 1 saturated heterocycles. The number of nitrogens with zero attached hydrogens (tertiary/aromatic N) is 2. The van der Waals surface area contributed by atoms with Crippen molar-refractivity contribution < 1.29 is 17.9 Å². The van der Waals surface area contributed by atoms with Crippen LogP contribution in [0, 0.1) is 0 Å². The lowest BCUT2D eigenvalue weighted by atomic mass is 10.0. The lowest BCUT2D eigenvalue weighted by molar-refractivity contribution is 0.149. The summed E-state index contributed by atoms with van der Waals surface area (Å²) in [6, 6.07) is 5.17. The Labute approximate surface area is 168 Å². The fourth-order valence-electron chi connectivity index (χ4n) is 3.97. The second kappa shape index (κ2) is 9.24. The van der Waals surface area contributed by atoms with Gasteiger partial charge in [-0.25, -0.2) is 13.2 Å². The largest absolute Gasteiger partial charge is 0.383 e. The molecule has 1 aromatic rings. The number of sulfonamides is 1. The Bertz CT molecular complexity index is 797. The summed E-state index contributed by atoms with van der Waals surface area (Å²) in [5.74, 6) is 0. The summed E-state index contributed by atoms with van der Waals surface area (Å²) in [6.07, 6.45) is 4.41. The molecule has 0 bridgehead atoms. The number of unbranched alkanes of at least 4 members (excludes halogenated alkanes) is 1. The minimum atomic E-state index is -3.56. The predicted octanol–water partition coefficient (Wildman–Crippen LogP) is 2.35. The lowest BCUT2D eigenvalue weighted by Crippen LogP contribution is -2.43. The fourth-order valence-corrected chi connectivity index (χ4v) is 5.70. The van der Waals surface area contributed by atoms with Gasteiger partial charge in [-0.3, -0.25) is 0 Å². The number of nitrogens with one attached hydrogen (secondary N) is 1. The molecule has 1 atom stereocenters. The average molecular weight is 410 g/mol. The van der Waals surface area contributed by atoms with Crippen molar-refractivity contribution in [1.82, 2.24) is 14.5 Å². The maximum atomic E-state index is 13.2. The molecule has 1 N–H and O–H groups in total. The van der Waals surface area contributed by atoms with Gasteiger partial charge >= 0.3 is 6.03 Å². The first-order valence-corrected chi connectivity index (χ1v) is 11.6. The molecule has 0 saturated carbocycles. The van der Waals surface area contributed by atoms with Crippen molar-refractivity contribution in [2.24, 2.45) is 0 Å². The minimum Gasteiger partial charge on any atom is -0.383 e. The van der Waals surface area contributed by atoms with Gasteiger partial charge in [-0.15, -0.1) is 0 Å². The van der Waals surface area contributed by atoms with Gasteiger partial charge in [-0.05, 0) is 48.9 Å². The van der Waals surface area contributed by atoms with Crippen LogP contribution in [0.5, 0.6) is 0 Å². The molecule has 7 nitrogen and oxygen atoms in total. The van der Waals surface area contributed by atoms with Gasteiger partial charge in [0.25, 0.3) is 0 Å². The molecule has 2 aliphatic rings. The SMILES string of the molecule is CCCCNC(=O)N1CCc2ccc(S(=O)(=O)N3CCC[C@H]3COC)cc2C1. The van der Waals surface area contributed by atoms with E-state index >= 15 is 0 Å². The third-order valence-corrected chi connectivity index (χ3v) is 7.52. The molecular weight excluding hydrogens is 378 g/mol. The molecule has 1 fully saturated rings. The van der Waals surface area contributed by atoms with Gasteiger partial charge in [0, 0.05) is 39.3 Å². The number of carbonyl (C=O) groups excluding carboxylic acids is 1. The highest BCUT2D eigenvalue weighted by molar-refractivity contribution is 7.89. The number of fused-ring (bicyclic) bond motifs is 1. The molecule has 0 unspecified atom stereocenters. The number of hydrogen-bond acceptors (Lipinski definition) is 4. The molecule has 156 valence electrons. The van der Waals surface area contributed by atoms with Crippen LogP contribution in [0.25, 0.3) is 0 Å². The second-order valence-corrected chi connectivity index (χ2v) is 9.45. The number of benzene rings is 1. The van der Waals surface area contributed by atoms with Crippen molar-refractivity contribution in [3.05, 3.63) is 29.3 Å². The number of rotatable bonds is 7. The van der Waals surface area contributed by atoms with E-state index in [1.165, 1.54) is 0 Å². The number of ether oxygens (including phenoxy) is 1. The Morgan fingerprint density at radius 3 is 2.86 bits per heavy atom. The van der Waals surface area contributed by atoms with E-state index in [0.717, 1.165) is 43.2 Å². The highest BCUT2D eigenvalue weighted by atomic mass is 32.2. The highest BCUT2D eigenvalue weighted by Crippen LogP contribution is 2.29. The smallest absolute Gasteiger partial charge is 0.317 e. The van der Waals surface area contributed by atoms with Gasteiger partial charge < -0.3 is 15.0 Å². The summed E-state index contributed by atoms with van der Waals surface area (Å²) in [6.45, 7) is 4.79. The lowest BCUT2D eigenvalue weighted by Gasteiger charge is -2.30. The van der Waals surface area contributed by atoms with Crippen molar-refractivity contribution >= 4 is 16.1 Å². The Morgan fingerprint density at radius 2 is 2.11 bits per heavy atom. The molecule has 2 aliphatic heterocycles. The van der Waals surface area contributed by atoms with Gasteiger partial charge in [0.15, 0.2) is 0 Å². The molecule has 0 aromatic heterocycles. The van der Waals surface area contributed by atoms with E-state index in [9.17, 15) is 13.2 Å². The zero-order chi connectivity index (χ0) is 20.1. The fraction of sp³-hybridized carbons (Fsp3) is 0.650. The van der Waals surface area contributed by atoms with E-state index in [4.69, 9.17) is 4.74 Å². The molecule has 3 rings (SSSR count). The van der Waals surface area contributed by atoms with Crippen molar-refractivity contribution in [3.63, 3.8) is 0 Å². The van der Waals surface area contributed by atoms with Crippen molar-refractivity contribution in [3.8, 4) is 0 Å². The standard InChI is InChI=1S/C20H31N3O4S/c1-3-4-10-21-20(24)22-12-9-16-7-8-19(13-17(16)14-22)28(25,26)23-11-5-6-18(23)15-27-2/h7-8,13,18H,3-6,9-12,14-15H2,1-2H3,(H,21,24)/t18-/m0/s1. The average Bonchev–Trinajstić information content (AvgIpc) is 3.16. The third kappa shape index (κ3) is 4.50. The quantitative estimate of drug-likeness (QED) is 0.701. The van der Waals surface area contributed by atoms with Crippen LogP contribution < -0.4 is 5.32 Å². The third-order valence-electron chi connectivity index (χ3n) is 5.57. The summed E-state index contributed by atoms with van der Waals surface area (Å²) in [5.41, 5.74) is 2.03. The van der Waals surface area contributed by atoms with Crippen LogP contribution in [0.4, 0.5) is 4.79 Å². The van der Waals surface area contributed by atoms with E-state index in [2.05, 4.69) is 12.2 Å². The number of amides is 2. The van der Waals surface area contributed by atoms with Crippen LogP contribution in [-0.2, 0) is 27.7 Å². The summed E-state index contributed by atoms with van der Waals surface area (Å²) in [7, 11) is -1.97. The summed E-state index contributed by atoms with van der Waals surface area (Å²) >= 11 is 0. The maximum absolute atomic E-state index is 13.2. The van der Waals surface area contributed by atoms with Crippen LogP contribution in [0.15, 0.2) is 23.1 Å². The zero-order valence-electron chi connectivity index (χ0n) is 16.8. The van der Waals surface area contributed by atoms with E-state index < -0.39 is 10.0 Å². The summed E-state index contributed by atoms with van der Waals surface area (Å²) in [5, 5.41) is 2.94. The van der Waals surface area contributed by atoms with E-state index in [-0.39, 0.29) is 12.1 Å². The van der Waals surface area contributed by atoms with Crippen LogP contribution >= 0.6 is 0 Å². The van der Waals surface area contributed by atoms with Crippen LogP contribution in [0.1, 0.15) is 43.7 Å². The highest BCUT2D eigenvalue weighted by Gasteiger charge is 2.35. The predicted molar refractivity (Wildman–Crippen MR) is 108 cm³/mol. The zero-order valence-corrected chi connectivity index (χ0v) is 17.6. The Hall–Kier alpha value is -1.64. The molecule has 1 aromatic carbocycles. The molecule has 0 aliphatic carbocycles. The van der Waals surface area contributed by atoms with Gasteiger partial charge in [0.1, 0.15) is 0 Å². The normalized spacial score (nSPS) is 20.2. The van der Waals surface area contributed by atoms with Crippen molar-refractivity contribution in [2.75, 3.05) is 33.4 Å². The molecule has 2 amide bonds. The van der Waals surface area contributed by atoms with E-state index in [1.807, 2.05) is 6.07 Å². The van der Waals surface area contributed by atoms with Gasteiger partial charge in [-0.2, -0.15) is 4.31 Å². The molecule has 0 radical (unpaired) electrons. The number of methoxy groups -OCH3 is 1. The van der Waals surface area contributed by atoms with Gasteiger partial charge in [-0.1, -0.05) is 19.4 Å². The first-order chi connectivity index (χ1) is 13.5. The van der Waals surface area contributed by atoms with Crippen LogP contribution in [-0.4, -0.2) is 63.0 Å². The summed E-state index contributed by atoms with van der Waals surface area (Å²) < 4.78 is 33.1. The Kier molecular flexibility index (Phi) is 6.95. The molecule has 2 heterocycles. The Morgan fingerprint density at radius 1 is 1.29 bits per heavy atom. The molecule has 28 heavy (non-hydrogen) atoms. The van der Waals surface area contributed by atoms with Gasteiger partial charge in [0.2, 0.25) is 10.0 Å². The summed E-state index contributed by atoms with van der Waals surface area (Å²) in [4.78, 5) is 14.4. The first-order valence-electron chi connectivity index (χ1n) is 10.1. The number of hydrogen-bond donors (Lipinski definition) is 1. The topological polar surface area (TPSA) is 79.0 Å². The Balaban J connectivity index is 1.76. The number of carbonyl (C=O) groups is 1. The van der Waals surface area contributed by atoms with Crippen molar-refractivity contribution in [2.45, 2.75) is 56.5 Å². The molecular formula is C20H31N3O4S. The monoisotopic (exact) mass is 409 g/mol.